The van der Waals surface area contributed by atoms with Crippen molar-refractivity contribution in [1.29, 1.82) is 0 Å². The Labute approximate surface area is 165 Å². The molecule has 0 aliphatic heterocycles. The summed E-state index contributed by atoms with van der Waals surface area (Å²) in [5, 5.41) is 1.74. The van der Waals surface area contributed by atoms with Crippen LogP contribution < -0.4 is 25.1 Å². The molecule has 28 heavy (non-hydrogen) atoms. The Morgan fingerprint density at radius 1 is 1.00 bits per heavy atom. The molecule has 10 heteroatoms. The fourth-order valence-corrected chi connectivity index (χ4v) is 2.85. The molecule has 0 bridgehead atoms. The van der Waals surface area contributed by atoms with Gasteiger partial charge in [0.25, 0.3) is 11.8 Å². The van der Waals surface area contributed by atoms with Crippen molar-refractivity contribution in [2.45, 2.75) is 6.42 Å². The first kappa shape index (κ1) is 21.0. The standard InChI is InChI=1S/C18H20N2O7S/c1-24-12-7-11(8-13(25-2)17(12)26-3)9-16(22)27-10-15(21)19-20-18(23)14-5-4-6-28-14/h4-8H,9-10H2,1-3H3,(H,19,21)(H,20,23). The molecule has 2 amide bonds. The molecule has 0 spiro atoms. The number of thiophene rings is 1. The second kappa shape index (κ2) is 10.2. The van der Waals surface area contributed by atoms with Crippen LogP contribution in [0.4, 0.5) is 0 Å². The van der Waals surface area contributed by atoms with E-state index < -0.39 is 24.4 Å². The summed E-state index contributed by atoms with van der Waals surface area (Å²) in [7, 11) is 4.41. The van der Waals surface area contributed by atoms with E-state index in [1.54, 1.807) is 29.6 Å². The highest BCUT2D eigenvalue weighted by Gasteiger charge is 2.16. The molecule has 0 aliphatic carbocycles. The molecule has 0 atom stereocenters. The molecule has 150 valence electrons. The number of esters is 1. The zero-order valence-electron chi connectivity index (χ0n) is 15.6. The van der Waals surface area contributed by atoms with Gasteiger partial charge in [0.1, 0.15) is 0 Å². The molecule has 1 aromatic carbocycles. The average Bonchev–Trinajstić information content (AvgIpc) is 3.24. The fourth-order valence-electron chi connectivity index (χ4n) is 2.23. The molecule has 0 saturated carbocycles. The third-order valence-electron chi connectivity index (χ3n) is 3.50. The second-order valence-corrected chi connectivity index (χ2v) is 6.30. The van der Waals surface area contributed by atoms with Gasteiger partial charge in [-0.25, -0.2) is 0 Å². The largest absolute Gasteiger partial charge is 0.493 e. The van der Waals surface area contributed by atoms with Crippen molar-refractivity contribution in [3.05, 3.63) is 40.1 Å². The van der Waals surface area contributed by atoms with E-state index in [9.17, 15) is 14.4 Å². The molecule has 2 N–H and O–H groups in total. The SMILES string of the molecule is COc1cc(CC(=O)OCC(=O)NNC(=O)c2cccs2)cc(OC)c1OC. The highest BCUT2D eigenvalue weighted by Crippen LogP contribution is 2.38. The van der Waals surface area contributed by atoms with Crippen molar-refractivity contribution in [2.24, 2.45) is 0 Å². The molecular weight excluding hydrogens is 388 g/mol. The number of hydrazine groups is 1. The lowest BCUT2D eigenvalue weighted by Crippen LogP contribution is -2.43. The van der Waals surface area contributed by atoms with E-state index in [1.807, 2.05) is 0 Å². The minimum absolute atomic E-state index is 0.106. The Bertz CT molecular complexity index is 811. The summed E-state index contributed by atoms with van der Waals surface area (Å²) in [5.74, 6) is -0.537. The molecule has 0 radical (unpaired) electrons. The van der Waals surface area contributed by atoms with Crippen LogP contribution in [0, 0.1) is 0 Å². The van der Waals surface area contributed by atoms with Crippen LogP contribution in [0.2, 0.25) is 0 Å². The van der Waals surface area contributed by atoms with Gasteiger partial charge in [-0.05, 0) is 29.1 Å². The highest BCUT2D eigenvalue weighted by molar-refractivity contribution is 7.12. The molecule has 0 saturated heterocycles. The van der Waals surface area contributed by atoms with Gasteiger partial charge in [0.05, 0.1) is 32.6 Å². The fraction of sp³-hybridized carbons (Fsp3) is 0.278. The molecule has 0 unspecified atom stereocenters. The monoisotopic (exact) mass is 408 g/mol. The molecule has 1 aromatic heterocycles. The van der Waals surface area contributed by atoms with Crippen molar-refractivity contribution in [3.63, 3.8) is 0 Å². The normalized spacial score (nSPS) is 9.96. The Morgan fingerprint density at radius 3 is 2.21 bits per heavy atom. The summed E-state index contributed by atoms with van der Waals surface area (Å²) in [6.45, 7) is -0.534. The zero-order chi connectivity index (χ0) is 20.5. The summed E-state index contributed by atoms with van der Waals surface area (Å²) in [6.07, 6.45) is -0.106. The first-order valence-electron chi connectivity index (χ1n) is 8.05. The topological polar surface area (TPSA) is 112 Å². The van der Waals surface area contributed by atoms with Crippen LogP contribution >= 0.6 is 11.3 Å². The van der Waals surface area contributed by atoms with Crippen molar-refractivity contribution in [3.8, 4) is 17.2 Å². The van der Waals surface area contributed by atoms with Crippen molar-refractivity contribution >= 4 is 29.1 Å². The number of hydrogen-bond acceptors (Lipinski definition) is 8. The minimum atomic E-state index is -0.664. The number of ether oxygens (including phenoxy) is 4. The summed E-state index contributed by atoms with van der Waals surface area (Å²) < 4.78 is 20.6. The van der Waals surface area contributed by atoms with Gasteiger partial charge in [0.2, 0.25) is 5.75 Å². The lowest BCUT2D eigenvalue weighted by atomic mass is 10.1. The van der Waals surface area contributed by atoms with Crippen LogP contribution in [0.5, 0.6) is 17.2 Å². The molecule has 2 rings (SSSR count). The van der Waals surface area contributed by atoms with Gasteiger partial charge in [-0.2, -0.15) is 0 Å². The Hall–Kier alpha value is -3.27. The predicted octanol–water partition coefficient (Wildman–Crippen LogP) is 1.32. The first-order valence-corrected chi connectivity index (χ1v) is 8.93. The number of hydrogen-bond donors (Lipinski definition) is 2. The van der Waals surface area contributed by atoms with Crippen LogP contribution in [-0.2, 0) is 20.7 Å². The molecular formula is C18H20N2O7S. The van der Waals surface area contributed by atoms with Crippen molar-refractivity contribution in [2.75, 3.05) is 27.9 Å². The van der Waals surface area contributed by atoms with Gasteiger partial charge < -0.3 is 18.9 Å². The van der Waals surface area contributed by atoms with Crippen LogP contribution in [-0.4, -0.2) is 45.7 Å². The van der Waals surface area contributed by atoms with E-state index in [1.165, 1.54) is 32.7 Å². The lowest BCUT2D eigenvalue weighted by Gasteiger charge is -2.14. The maximum Gasteiger partial charge on any atom is 0.310 e. The highest BCUT2D eigenvalue weighted by atomic mass is 32.1. The smallest absolute Gasteiger partial charge is 0.310 e. The molecule has 0 aliphatic rings. The number of amides is 2. The summed E-state index contributed by atoms with van der Waals surface area (Å²) >= 11 is 1.23. The predicted molar refractivity (Wildman–Crippen MR) is 101 cm³/mol. The van der Waals surface area contributed by atoms with E-state index in [0.717, 1.165) is 0 Å². The summed E-state index contributed by atoms with van der Waals surface area (Å²) in [5.41, 5.74) is 4.97. The number of methoxy groups -OCH3 is 3. The maximum atomic E-state index is 12.0. The molecule has 0 fully saturated rings. The number of nitrogens with one attached hydrogen (secondary N) is 2. The van der Waals surface area contributed by atoms with E-state index in [0.29, 0.717) is 27.7 Å². The van der Waals surface area contributed by atoms with Crippen LogP contribution in [0.3, 0.4) is 0 Å². The Morgan fingerprint density at radius 2 is 1.68 bits per heavy atom. The summed E-state index contributed by atoms with van der Waals surface area (Å²) in [4.78, 5) is 35.8. The summed E-state index contributed by atoms with van der Waals surface area (Å²) in [6, 6.07) is 6.56. The Kier molecular flexibility index (Phi) is 7.64. The molecule has 2 aromatic rings. The third kappa shape index (κ3) is 5.61. The zero-order valence-corrected chi connectivity index (χ0v) is 16.4. The average molecular weight is 408 g/mol. The number of carbonyl (C=O) groups is 3. The van der Waals surface area contributed by atoms with Gasteiger partial charge in [0.15, 0.2) is 18.1 Å². The van der Waals surface area contributed by atoms with E-state index >= 15 is 0 Å². The third-order valence-corrected chi connectivity index (χ3v) is 4.37. The van der Waals surface area contributed by atoms with Crippen molar-refractivity contribution in [1.82, 2.24) is 10.9 Å². The van der Waals surface area contributed by atoms with Crippen LogP contribution in [0.1, 0.15) is 15.2 Å². The van der Waals surface area contributed by atoms with E-state index in [-0.39, 0.29) is 6.42 Å². The van der Waals surface area contributed by atoms with Crippen LogP contribution in [0.25, 0.3) is 0 Å². The lowest BCUT2D eigenvalue weighted by molar-refractivity contribution is -0.148. The number of carbonyl (C=O) groups excluding carboxylic acids is 3. The Balaban J connectivity index is 1.85. The maximum absolute atomic E-state index is 12.0. The van der Waals surface area contributed by atoms with Gasteiger partial charge in [-0.15, -0.1) is 11.3 Å². The minimum Gasteiger partial charge on any atom is -0.493 e. The van der Waals surface area contributed by atoms with Gasteiger partial charge in [0, 0.05) is 0 Å². The van der Waals surface area contributed by atoms with Gasteiger partial charge in [-0.3, -0.25) is 25.2 Å². The molecule has 9 nitrogen and oxygen atoms in total. The first-order chi connectivity index (χ1) is 13.5. The number of benzene rings is 1. The van der Waals surface area contributed by atoms with E-state index in [2.05, 4.69) is 10.9 Å². The van der Waals surface area contributed by atoms with Crippen LogP contribution in [0.15, 0.2) is 29.6 Å². The molecule has 1 heterocycles. The van der Waals surface area contributed by atoms with E-state index in [4.69, 9.17) is 18.9 Å². The number of rotatable bonds is 8. The quantitative estimate of drug-likeness (QED) is 0.500. The van der Waals surface area contributed by atoms with Gasteiger partial charge in [-0.1, -0.05) is 6.07 Å². The van der Waals surface area contributed by atoms with Crippen molar-refractivity contribution < 1.29 is 33.3 Å². The second-order valence-electron chi connectivity index (χ2n) is 5.35. The van der Waals surface area contributed by atoms with Gasteiger partial charge >= 0.3 is 5.97 Å².